The van der Waals surface area contributed by atoms with Crippen LogP contribution in [0, 0.1) is 23.3 Å². The maximum absolute atomic E-state index is 14.4. The Hall–Kier alpha value is -7.40. The SMILES string of the molecule is C1CCNCC1.C[C@H](C(=O)N1CCCCC1)c1ccc(Cc2nc(-c3c(F)cccc3F)nc3c2C(=O)NC3)cc1.C[C@H](C(=O)O)c1ccc(Cc2nc(-c3c(F)cccc3F)nc3c2C(=O)NC3)cc1. The highest BCUT2D eigenvalue weighted by Gasteiger charge is 2.30. The highest BCUT2D eigenvalue weighted by atomic mass is 19.1. The minimum Gasteiger partial charge on any atom is -0.481 e. The average Bonchev–Trinajstić information content (AvgIpc) is 3.96. The fourth-order valence-corrected chi connectivity index (χ4v) is 9.02. The van der Waals surface area contributed by atoms with Gasteiger partial charge in [0.25, 0.3) is 11.8 Å². The van der Waals surface area contributed by atoms with E-state index < -0.39 is 35.2 Å². The smallest absolute Gasteiger partial charge is 0.310 e. The van der Waals surface area contributed by atoms with Crippen LogP contribution in [0.15, 0.2) is 84.9 Å². The summed E-state index contributed by atoms with van der Waals surface area (Å²) in [7, 11) is 0. The minimum atomic E-state index is -0.926. The van der Waals surface area contributed by atoms with Gasteiger partial charge in [-0.15, -0.1) is 0 Å². The van der Waals surface area contributed by atoms with Crippen LogP contribution in [0.25, 0.3) is 22.8 Å². The molecule has 368 valence electrons. The minimum absolute atomic E-state index is 0.0804. The number of nitrogens with one attached hydrogen (secondary N) is 3. The number of halogens is 4. The van der Waals surface area contributed by atoms with Crippen LogP contribution in [0.2, 0.25) is 0 Å². The second kappa shape index (κ2) is 22.6. The van der Waals surface area contributed by atoms with Crippen molar-refractivity contribution in [1.29, 1.82) is 0 Å². The van der Waals surface area contributed by atoms with Crippen LogP contribution in [-0.2, 0) is 35.5 Å². The molecular formula is C54H54F4N8O5. The van der Waals surface area contributed by atoms with Gasteiger partial charge in [0, 0.05) is 25.9 Å². The number of carbonyl (C=O) groups excluding carboxylic acids is 3. The molecule has 0 spiro atoms. The van der Waals surface area contributed by atoms with E-state index in [1.54, 1.807) is 31.2 Å². The number of piperidine rings is 2. The van der Waals surface area contributed by atoms with Gasteiger partial charge in [0.15, 0.2) is 11.6 Å². The Morgan fingerprint density at radius 1 is 0.563 bits per heavy atom. The number of aliphatic carboxylic acids is 1. The first kappa shape index (κ1) is 50.0. The van der Waals surface area contributed by atoms with E-state index in [4.69, 9.17) is 5.11 Å². The highest BCUT2D eigenvalue weighted by molar-refractivity contribution is 5.99. The average molecular weight is 971 g/mol. The molecular weight excluding hydrogens is 917 g/mol. The van der Waals surface area contributed by atoms with E-state index in [0.29, 0.717) is 39.5 Å². The molecule has 10 rings (SSSR count). The highest BCUT2D eigenvalue weighted by Crippen LogP contribution is 2.31. The van der Waals surface area contributed by atoms with E-state index in [1.807, 2.05) is 36.1 Å². The quantitative estimate of drug-likeness (QED) is 0.0972. The zero-order valence-corrected chi connectivity index (χ0v) is 39.5. The summed E-state index contributed by atoms with van der Waals surface area (Å²) in [5, 5.41) is 17.8. The summed E-state index contributed by atoms with van der Waals surface area (Å²) in [5.41, 5.74) is 4.79. The first-order chi connectivity index (χ1) is 34.3. The molecule has 0 saturated carbocycles. The van der Waals surface area contributed by atoms with Crippen LogP contribution in [0.5, 0.6) is 0 Å². The molecule has 0 bridgehead atoms. The lowest BCUT2D eigenvalue weighted by Crippen LogP contribution is -2.38. The van der Waals surface area contributed by atoms with Gasteiger partial charge in [-0.1, -0.05) is 67.1 Å². The van der Waals surface area contributed by atoms with Crippen molar-refractivity contribution in [1.82, 2.24) is 40.8 Å². The third-order valence-corrected chi connectivity index (χ3v) is 13.1. The Morgan fingerprint density at radius 2 is 0.972 bits per heavy atom. The van der Waals surface area contributed by atoms with Crippen molar-refractivity contribution in [3.8, 4) is 22.8 Å². The lowest BCUT2D eigenvalue weighted by atomic mass is 9.96. The fraction of sp³-hybridized carbons (Fsp3) is 0.333. The fourth-order valence-electron chi connectivity index (χ4n) is 9.02. The van der Waals surface area contributed by atoms with E-state index in [1.165, 1.54) is 50.9 Å². The van der Waals surface area contributed by atoms with Crippen LogP contribution in [-0.4, -0.2) is 79.8 Å². The number of carboxylic acids is 1. The van der Waals surface area contributed by atoms with Gasteiger partial charge in [0.05, 0.1) is 70.0 Å². The number of fused-ring (bicyclic) bond motifs is 2. The van der Waals surface area contributed by atoms with Gasteiger partial charge >= 0.3 is 5.97 Å². The van der Waals surface area contributed by atoms with E-state index in [-0.39, 0.29) is 72.3 Å². The van der Waals surface area contributed by atoms with Crippen molar-refractivity contribution in [2.45, 2.75) is 90.1 Å². The van der Waals surface area contributed by atoms with E-state index in [2.05, 4.69) is 35.9 Å². The molecule has 4 aliphatic heterocycles. The number of benzene rings is 4. The summed E-state index contributed by atoms with van der Waals surface area (Å²) >= 11 is 0. The van der Waals surface area contributed by atoms with Gasteiger partial charge in [-0.05, 0) is 106 Å². The van der Waals surface area contributed by atoms with Crippen LogP contribution in [0.3, 0.4) is 0 Å². The monoisotopic (exact) mass is 970 g/mol. The van der Waals surface area contributed by atoms with Gasteiger partial charge in [0.1, 0.15) is 23.3 Å². The number of hydrogen-bond donors (Lipinski definition) is 4. The topological polar surface area (TPSA) is 179 Å². The van der Waals surface area contributed by atoms with Crippen molar-refractivity contribution in [2.75, 3.05) is 26.2 Å². The lowest BCUT2D eigenvalue weighted by Gasteiger charge is -2.29. The van der Waals surface area contributed by atoms with Gasteiger partial charge in [-0.3, -0.25) is 19.2 Å². The zero-order valence-electron chi connectivity index (χ0n) is 39.5. The summed E-state index contributed by atoms with van der Waals surface area (Å²) in [6, 6.07) is 21.6. The van der Waals surface area contributed by atoms with Crippen molar-refractivity contribution in [2.24, 2.45) is 0 Å². The lowest BCUT2D eigenvalue weighted by molar-refractivity contribution is -0.138. The summed E-state index contributed by atoms with van der Waals surface area (Å²) in [4.78, 5) is 67.9. The molecule has 6 aromatic rings. The third kappa shape index (κ3) is 11.6. The number of carbonyl (C=O) groups is 4. The summed E-state index contributed by atoms with van der Waals surface area (Å²) in [6.45, 7) is 7.97. The van der Waals surface area contributed by atoms with Crippen LogP contribution in [0.1, 0.15) is 130 Å². The maximum atomic E-state index is 14.4. The van der Waals surface area contributed by atoms with E-state index in [0.717, 1.165) is 66.9 Å². The van der Waals surface area contributed by atoms with Crippen LogP contribution in [0.4, 0.5) is 17.6 Å². The molecule has 71 heavy (non-hydrogen) atoms. The molecule has 4 aliphatic rings. The molecule has 4 N–H and O–H groups in total. The number of rotatable bonds is 10. The first-order valence-electron chi connectivity index (χ1n) is 23.9. The number of likely N-dealkylation sites (tertiary alicyclic amines) is 1. The zero-order chi connectivity index (χ0) is 50.2. The molecule has 4 aromatic carbocycles. The molecule has 2 fully saturated rings. The van der Waals surface area contributed by atoms with E-state index >= 15 is 0 Å². The molecule has 17 heteroatoms. The number of nitrogens with zero attached hydrogens (tertiary/aromatic N) is 5. The Balaban J connectivity index is 0.000000172. The Bertz CT molecular complexity index is 2890. The summed E-state index contributed by atoms with van der Waals surface area (Å²) in [6.07, 6.45) is 8.00. The molecule has 2 atom stereocenters. The Morgan fingerprint density at radius 3 is 1.35 bits per heavy atom. The summed E-state index contributed by atoms with van der Waals surface area (Å²) < 4.78 is 57.3. The molecule has 0 unspecified atom stereocenters. The third-order valence-electron chi connectivity index (χ3n) is 13.1. The number of hydrogen-bond acceptors (Lipinski definition) is 9. The molecule has 2 aromatic heterocycles. The van der Waals surface area contributed by atoms with Gasteiger partial charge in [-0.25, -0.2) is 37.5 Å². The number of carboxylic acid groups (broad SMARTS) is 1. The van der Waals surface area contributed by atoms with E-state index in [9.17, 15) is 36.7 Å². The first-order valence-corrected chi connectivity index (χ1v) is 23.9. The molecule has 3 amide bonds. The largest absolute Gasteiger partial charge is 0.481 e. The number of aromatic nitrogens is 4. The standard InChI is InChI=1S/C27H26F2N4O2.C22H17F2N3O3.C5H11N/c1-16(27(35)33-12-3-2-4-13-33)18-10-8-17(9-11-18)14-21-24-22(15-30-26(24)34)32-25(31-21)23-19(28)6-5-7-20(23)29;1-11(22(29)30)13-7-5-12(6-8-13)9-16-19-17(10-25-21(19)28)27-20(26-16)18-14(23)3-2-4-15(18)24;1-2-4-6-5-3-1/h5-11,16H,2-4,12-15H2,1H3,(H,30,34);2-8,11H,9-10H2,1H3,(H,25,28)(H,29,30);6H,1-5H2/t16-;11-;/m00./s1. The Kier molecular flexibility index (Phi) is 15.9. The predicted molar refractivity (Wildman–Crippen MR) is 257 cm³/mol. The van der Waals surface area contributed by atoms with Gasteiger partial charge < -0.3 is 26.0 Å². The predicted octanol–water partition coefficient (Wildman–Crippen LogP) is 8.58. The van der Waals surface area contributed by atoms with Gasteiger partial charge in [0.2, 0.25) is 5.91 Å². The maximum Gasteiger partial charge on any atom is 0.310 e. The van der Waals surface area contributed by atoms with Gasteiger partial charge in [-0.2, -0.15) is 0 Å². The summed E-state index contributed by atoms with van der Waals surface area (Å²) in [5.74, 6) is -5.61. The van der Waals surface area contributed by atoms with Crippen molar-refractivity contribution < 1.29 is 41.8 Å². The normalized spacial score (nSPS) is 15.7. The molecule has 0 aliphatic carbocycles. The second-order valence-corrected chi connectivity index (χ2v) is 18.0. The molecule has 6 heterocycles. The van der Waals surface area contributed by atoms with Crippen molar-refractivity contribution in [3.63, 3.8) is 0 Å². The second-order valence-electron chi connectivity index (χ2n) is 18.0. The van der Waals surface area contributed by atoms with Crippen LogP contribution < -0.4 is 16.0 Å². The molecule has 2 saturated heterocycles. The van der Waals surface area contributed by atoms with Crippen LogP contribution >= 0.6 is 0 Å². The Labute approximate surface area is 408 Å². The number of amides is 3. The van der Waals surface area contributed by atoms with Crippen molar-refractivity contribution >= 4 is 23.7 Å². The van der Waals surface area contributed by atoms with Crippen molar-refractivity contribution in [3.05, 3.63) is 164 Å². The molecule has 0 radical (unpaired) electrons. The molecule has 13 nitrogen and oxygen atoms in total.